The lowest BCUT2D eigenvalue weighted by atomic mass is 9.98. The maximum absolute atomic E-state index is 5.15. The van der Waals surface area contributed by atoms with Gasteiger partial charge in [0, 0.05) is 34.9 Å². The van der Waals surface area contributed by atoms with Crippen molar-refractivity contribution in [3.8, 4) is 45.2 Å². The van der Waals surface area contributed by atoms with Gasteiger partial charge >= 0.3 is 0 Å². The number of rotatable bonds is 4. The van der Waals surface area contributed by atoms with Crippen molar-refractivity contribution >= 4 is 27.6 Å². The zero-order valence-corrected chi connectivity index (χ0v) is 21.9. The number of hydrogen-bond acceptors (Lipinski definition) is 5. The average Bonchev–Trinajstić information content (AvgIpc) is 3.44. The van der Waals surface area contributed by atoms with Crippen LogP contribution in [0.4, 0.5) is 0 Å². The predicted octanol–water partition coefficient (Wildman–Crippen LogP) is 7.89. The number of nitrogens with zero attached hydrogens (tertiary/aromatic N) is 6. The van der Waals surface area contributed by atoms with Crippen molar-refractivity contribution in [1.29, 1.82) is 0 Å². The van der Waals surface area contributed by atoms with Crippen molar-refractivity contribution in [3.05, 3.63) is 134 Å². The van der Waals surface area contributed by atoms with E-state index in [1.54, 1.807) is 12.4 Å². The lowest BCUT2D eigenvalue weighted by Gasteiger charge is -2.11. The Morgan fingerprint density at radius 3 is 1.78 bits per heavy atom. The van der Waals surface area contributed by atoms with Crippen molar-refractivity contribution in [2.24, 2.45) is 0 Å². The fourth-order valence-corrected chi connectivity index (χ4v) is 5.36. The quantitative estimate of drug-likeness (QED) is 0.233. The van der Waals surface area contributed by atoms with Crippen molar-refractivity contribution in [2.45, 2.75) is 0 Å². The van der Waals surface area contributed by atoms with Crippen LogP contribution in [0, 0.1) is 0 Å². The van der Waals surface area contributed by atoms with Crippen LogP contribution in [0.2, 0.25) is 0 Å². The highest BCUT2D eigenvalue weighted by Gasteiger charge is 2.15. The molecule has 8 aromatic rings. The van der Waals surface area contributed by atoms with Gasteiger partial charge in [0.05, 0.1) is 28.5 Å². The van der Waals surface area contributed by atoms with Gasteiger partial charge < -0.3 is 0 Å². The third-order valence-corrected chi connectivity index (χ3v) is 7.33. The molecule has 6 heteroatoms. The molecule has 8 rings (SSSR count). The molecule has 0 aliphatic carbocycles. The maximum atomic E-state index is 5.15. The summed E-state index contributed by atoms with van der Waals surface area (Å²) in [7, 11) is 0. The second-order valence-corrected chi connectivity index (χ2v) is 9.85. The fraction of sp³-hybridized carbons (Fsp3) is 0. The van der Waals surface area contributed by atoms with Gasteiger partial charge in [-0.05, 0) is 59.7 Å². The van der Waals surface area contributed by atoms with Crippen LogP contribution in [0.1, 0.15) is 0 Å². The molecular weight excluding hydrogens is 504 g/mol. The Morgan fingerprint density at radius 1 is 0.463 bits per heavy atom. The molecule has 0 unspecified atom stereocenters. The van der Waals surface area contributed by atoms with Gasteiger partial charge in [-0.2, -0.15) is 0 Å². The van der Waals surface area contributed by atoms with Gasteiger partial charge in [0.25, 0.3) is 0 Å². The first-order valence-electron chi connectivity index (χ1n) is 13.4. The first-order valence-corrected chi connectivity index (χ1v) is 13.4. The molecule has 6 nitrogen and oxygen atoms in total. The van der Waals surface area contributed by atoms with Gasteiger partial charge in [-0.25, -0.2) is 15.0 Å². The number of benzene rings is 2. The summed E-state index contributed by atoms with van der Waals surface area (Å²) < 4.78 is 2.05. The largest absolute Gasteiger partial charge is 0.284 e. The molecule has 0 saturated heterocycles. The zero-order chi connectivity index (χ0) is 27.2. The van der Waals surface area contributed by atoms with Gasteiger partial charge in [0.1, 0.15) is 11.2 Å². The minimum absolute atomic E-state index is 0.804. The smallest absolute Gasteiger partial charge is 0.165 e. The molecule has 6 heterocycles. The highest BCUT2D eigenvalue weighted by Crippen LogP contribution is 2.34. The lowest BCUT2D eigenvalue weighted by Crippen LogP contribution is -1.94. The van der Waals surface area contributed by atoms with E-state index in [0.717, 1.165) is 72.7 Å². The highest BCUT2D eigenvalue weighted by atomic mass is 15.1. The summed E-state index contributed by atoms with van der Waals surface area (Å²) in [6.07, 6.45) is 5.59. The summed E-state index contributed by atoms with van der Waals surface area (Å²) in [4.78, 5) is 24.0. The third-order valence-electron chi connectivity index (χ3n) is 7.33. The molecule has 0 atom stereocenters. The summed E-state index contributed by atoms with van der Waals surface area (Å²) in [6.45, 7) is 0. The van der Waals surface area contributed by atoms with Crippen LogP contribution < -0.4 is 0 Å². The van der Waals surface area contributed by atoms with Gasteiger partial charge in [-0.3, -0.25) is 14.4 Å². The normalized spacial score (nSPS) is 11.4. The molecule has 0 N–H and O–H groups in total. The van der Waals surface area contributed by atoms with Crippen LogP contribution in [-0.2, 0) is 0 Å². The van der Waals surface area contributed by atoms with Gasteiger partial charge in [-0.1, -0.05) is 66.7 Å². The van der Waals surface area contributed by atoms with E-state index in [4.69, 9.17) is 15.0 Å². The Balaban J connectivity index is 1.27. The van der Waals surface area contributed by atoms with Crippen molar-refractivity contribution in [1.82, 2.24) is 29.3 Å². The Labute approximate surface area is 235 Å². The van der Waals surface area contributed by atoms with Crippen molar-refractivity contribution in [2.75, 3.05) is 0 Å². The first-order chi connectivity index (χ1) is 20.3. The van der Waals surface area contributed by atoms with Crippen LogP contribution in [0.25, 0.3) is 72.7 Å². The van der Waals surface area contributed by atoms with Crippen LogP contribution in [0.3, 0.4) is 0 Å². The molecule has 41 heavy (non-hydrogen) atoms. The Bertz CT molecular complexity index is 2130. The second-order valence-electron chi connectivity index (χ2n) is 9.85. The lowest BCUT2D eigenvalue weighted by molar-refractivity contribution is 1.19. The second kappa shape index (κ2) is 9.47. The number of imidazole rings is 1. The number of aromatic nitrogens is 6. The molecule has 2 aromatic carbocycles. The molecule has 0 spiro atoms. The van der Waals surface area contributed by atoms with Gasteiger partial charge in [-0.15, -0.1) is 0 Å². The molecule has 0 saturated carbocycles. The monoisotopic (exact) mass is 526 g/mol. The van der Waals surface area contributed by atoms with Gasteiger partial charge in [0.15, 0.2) is 5.65 Å². The van der Waals surface area contributed by atoms with Gasteiger partial charge in [0.2, 0.25) is 0 Å². The standard InChI is InChI=1S/C35H22N6/c1-2-10-27-26(9-1)33(40-35-34(27)39-32-13-5-8-20-41(32)35)24-16-14-23(15-17-24)25-21-30(28-11-3-6-18-36-28)38-31(22-25)29-12-4-7-19-37-29/h1-22H. The minimum atomic E-state index is 0.804. The van der Waals surface area contributed by atoms with E-state index in [1.807, 2.05) is 60.8 Å². The molecule has 0 aliphatic rings. The van der Waals surface area contributed by atoms with Crippen LogP contribution in [0.5, 0.6) is 0 Å². The molecule has 0 amide bonds. The summed E-state index contributed by atoms with van der Waals surface area (Å²) >= 11 is 0. The summed E-state index contributed by atoms with van der Waals surface area (Å²) in [5.41, 5.74) is 9.99. The Hall–Kier alpha value is -5.75. The fourth-order valence-electron chi connectivity index (χ4n) is 5.36. The molecule has 0 radical (unpaired) electrons. The topological polar surface area (TPSA) is 68.9 Å². The van der Waals surface area contributed by atoms with E-state index in [2.05, 4.69) is 75.0 Å². The van der Waals surface area contributed by atoms with Crippen LogP contribution >= 0.6 is 0 Å². The number of hydrogen-bond donors (Lipinski definition) is 0. The molecule has 192 valence electrons. The van der Waals surface area contributed by atoms with Crippen molar-refractivity contribution in [3.63, 3.8) is 0 Å². The van der Waals surface area contributed by atoms with E-state index in [1.165, 1.54) is 0 Å². The van der Waals surface area contributed by atoms with E-state index in [9.17, 15) is 0 Å². The molecule has 0 bridgehead atoms. The summed E-state index contributed by atoms with van der Waals surface area (Å²) in [5.74, 6) is 0. The maximum Gasteiger partial charge on any atom is 0.165 e. The number of fused-ring (bicyclic) bond motifs is 5. The Kier molecular flexibility index (Phi) is 5.35. The van der Waals surface area contributed by atoms with E-state index in [-0.39, 0.29) is 0 Å². The Morgan fingerprint density at radius 2 is 1.10 bits per heavy atom. The molecule has 0 fully saturated rings. The third kappa shape index (κ3) is 4.01. The summed E-state index contributed by atoms with van der Waals surface area (Å²) in [5, 5.41) is 2.17. The van der Waals surface area contributed by atoms with E-state index in [0.29, 0.717) is 0 Å². The first kappa shape index (κ1) is 23.2. The van der Waals surface area contributed by atoms with E-state index < -0.39 is 0 Å². The SMILES string of the molecule is c1ccc(-c2cc(-c3ccc(-c4nc5c(nc6ccccn65)c5ccccc45)cc3)cc(-c3ccccn3)n2)nc1. The molecular formula is C35H22N6. The minimum Gasteiger partial charge on any atom is -0.284 e. The highest BCUT2D eigenvalue weighted by molar-refractivity contribution is 6.09. The average molecular weight is 527 g/mol. The van der Waals surface area contributed by atoms with Crippen molar-refractivity contribution < 1.29 is 0 Å². The van der Waals surface area contributed by atoms with E-state index >= 15 is 0 Å². The molecule has 6 aromatic heterocycles. The number of pyridine rings is 5. The predicted molar refractivity (Wildman–Crippen MR) is 163 cm³/mol. The molecule has 0 aliphatic heterocycles. The zero-order valence-electron chi connectivity index (χ0n) is 21.9. The van der Waals surface area contributed by atoms with Crippen LogP contribution in [-0.4, -0.2) is 29.3 Å². The van der Waals surface area contributed by atoms with Crippen LogP contribution in [0.15, 0.2) is 134 Å². The summed E-state index contributed by atoms with van der Waals surface area (Å²) in [6, 6.07) is 38.8.